The number of hydrogen-bond donors (Lipinski definition) is 1. The summed E-state index contributed by atoms with van der Waals surface area (Å²) in [6.07, 6.45) is 0. The normalized spacial score (nSPS) is 18.2. The third kappa shape index (κ3) is 3.98. The van der Waals surface area contributed by atoms with E-state index in [9.17, 15) is 4.39 Å². The van der Waals surface area contributed by atoms with Gasteiger partial charge in [0.2, 0.25) is 0 Å². The van der Waals surface area contributed by atoms with E-state index in [4.69, 9.17) is 0 Å². The first kappa shape index (κ1) is 16.1. The largest absolute Gasteiger partial charge is 0.368 e. The smallest absolute Gasteiger partial charge is 0.126 e. The molecule has 4 nitrogen and oxygen atoms in total. The van der Waals surface area contributed by atoms with E-state index in [1.54, 1.807) is 6.07 Å². The minimum atomic E-state index is -0.246. The molecule has 5 heteroatoms. The van der Waals surface area contributed by atoms with E-state index in [2.05, 4.69) is 33.9 Å². The molecule has 0 radical (unpaired) electrons. The van der Waals surface area contributed by atoms with Gasteiger partial charge in [-0.05, 0) is 37.7 Å². The van der Waals surface area contributed by atoms with Crippen molar-refractivity contribution in [1.82, 2.24) is 14.8 Å². The van der Waals surface area contributed by atoms with Gasteiger partial charge in [-0.15, -0.1) is 0 Å². The summed E-state index contributed by atoms with van der Waals surface area (Å²) in [7, 11) is 0. The van der Waals surface area contributed by atoms with Gasteiger partial charge in [0.1, 0.15) is 11.6 Å². The summed E-state index contributed by atoms with van der Waals surface area (Å²) < 4.78 is 13.3. The molecular formula is C18H25FN4. The van der Waals surface area contributed by atoms with Crippen LogP contribution in [0.5, 0.6) is 0 Å². The minimum absolute atomic E-state index is 0.246. The molecule has 0 saturated carbocycles. The Morgan fingerprint density at radius 2 is 1.91 bits per heavy atom. The summed E-state index contributed by atoms with van der Waals surface area (Å²) in [5, 5.41) is 4.35. The Hall–Kier alpha value is -1.72. The van der Waals surface area contributed by atoms with Crippen molar-refractivity contribution in [2.45, 2.75) is 19.9 Å². The van der Waals surface area contributed by atoms with Gasteiger partial charge in [0.15, 0.2) is 0 Å². The predicted molar refractivity (Wildman–Crippen MR) is 93.3 cm³/mol. The van der Waals surface area contributed by atoms with E-state index in [0.717, 1.165) is 50.5 Å². The van der Waals surface area contributed by atoms with Gasteiger partial charge in [0.25, 0.3) is 0 Å². The van der Waals surface area contributed by atoms with Crippen molar-refractivity contribution in [3.05, 3.63) is 36.1 Å². The van der Waals surface area contributed by atoms with Crippen LogP contribution in [0.4, 0.5) is 10.2 Å². The molecule has 124 valence electrons. The molecule has 2 heterocycles. The molecule has 1 N–H and O–H groups in total. The Morgan fingerprint density at radius 3 is 2.65 bits per heavy atom. The fraction of sp³-hybridized carbons (Fsp3) is 0.500. The van der Waals surface area contributed by atoms with Crippen LogP contribution in [0.25, 0.3) is 10.9 Å². The molecule has 1 aliphatic heterocycles. The van der Waals surface area contributed by atoms with E-state index < -0.39 is 0 Å². The lowest BCUT2D eigenvalue weighted by Gasteiger charge is -2.37. The molecule has 1 aromatic carbocycles. The lowest BCUT2D eigenvalue weighted by atomic mass is 10.2. The topological polar surface area (TPSA) is 31.4 Å². The van der Waals surface area contributed by atoms with E-state index in [1.165, 1.54) is 12.1 Å². The summed E-state index contributed by atoms with van der Waals surface area (Å²) in [6, 6.07) is 9.11. The zero-order valence-corrected chi connectivity index (χ0v) is 13.9. The Labute approximate surface area is 137 Å². The van der Waals surface area contributed by atoms with E-state index >= 15 is 0 Å². The van der Waals surface area contributed by atoms with Gasteiger partial charge in [-0.1, -0.05) is 6.92 Å². The number of fused-ring (bicyclic) bond motifs is 1. The van der Waals surface area contributed by atoms with E-state index in [-0.39, 0.29) is 5.82 Å². The zero-order valence-electron chi connectivity index (χ0n) is 13.9. The molecule has 0 unspecified atom stereocenters. The van der Waals surface area contributed by atoms with Crippen molar-refractivity contribution >= 4 is 16.7 Å². The van der Waals surface area contributed by atoms with Crippen molar-refractivity contribution in [3.8, 4) is 0 Å². The number of nitrogens with zero attached hydrogens (tertiary/aromatic N) is 3. The first-order valence-corrected chi connectivity index (χ1v) is 8.42. The maximum atomic E-state index is 13.3. The molecule has 1 atom stereocenters. The van der Waals surface area contributed by atoms with Crippen molar-refractivity contribution in [1.29, 1.82) is 0 Å². The van der Waals surface area contributed by atoms with E-state index in [1.807, 2.05) is 12.1 Å². The molecule has 0 amide bonds. The van der Waals surface area contributed by atoms with Crippen LogP contribution in [0, 0.1) is 5.82 Å². The van der Waals surface area contributed by atoms with Crippen molar-refractivity contribution in [3.63, 3.8) is 0 Å². The van der Waals surface area contributed by atoms with Crippen molar-refractivity contribution in [2.75, 3.05) is 44.6 Å². The molecule has 0 spiro atoms. The number of pyridine rings is 1. The number of benzene rings is 1. The average molecular weight is 316 g/mol. The van der Waals surface area contributed by atoms with Gasteiger partial charge < -0.3 is 10.2 Å². The molecule has 3 rings (SSSR count). The zero-order chi connectivity index (χ0) is 16.2. The lowest BCUT2D eigenvalue weighted by molar-refractivity contribution is 0.110. The van der Waals surface area contributed by atoms with Crippen LogP contribution in [0.3, 0.4) is 0 Å². The average Bonchev–Trinajstić information content (AvgIpc) is 2.59. The maximum Gasteiger partial charge on any atom is 0.126 e. The first-order valence-electron chi connectivity index (χ1n) is 8.42. The number of aromatic nitrogens is 1. The standard InChI is InChI=1S/C18H25FN4/c1-3-22-8-10-23(11-9-22)14(2)13-20-18-7-5-15-4-6-16(19)12-17(15)21-18/h4-7,12,14H,3,8-11,13H2,1-2H3,(H,20,21)/t14-/m1/s1. The highest BCUT2D eigenvalue weighted by atomic mass is 19.1. The number of nitrogens with one attached hydrogen (secondary N) is 1. The molecule has 1 fully saturated rings. The summed E-state index contributed by atoms with van der Waals surface area (Å²) in [5.41, 5.74) is 0.694. The Bertz CT molecular complexity index is 653. The second-order valence-corrected chi connectivity index (χ2v) is 6.23. The number of halogens is 1. The van der Waals surface area contributed by atoms with Gasteiger partial charge >= 0.3 is 0 Å². The highest BCUT2D eigenvalue weighted by Crippen LogP contribution is 2.16. The van der Waals surface area contributed by atoms with Crippen LogP contribution in [-0.4, -0.2) is 60.1 Å². The number of likely N-dealkylation sites (N-methyl/N-ethyl adjacent to an activating group) is 1. The fourth-order valence-corrected chi connectivity index (χ4v) is 3.09. The number of piperazine rings is 1. The monoisotopic (exact) mass is 316 g/mol. The number of anilines is 1. The van der Waals surface area contributed by atoms with Gasteiger partial charge in [-0.25, -0.2) is 9.37 Å². The van der Waals surface area contributed by atoms with Crippen LogP contribution in [-0.2, 0) is 0 Å². The molecule has 0 bridgehead atoms. The van der Waals surface area contributed by atoms with Crippen molar-refractivity contribution in [2.24, 2.45) is 0 Å². The SMILES string of the molecule is CCN1CCN([C@H](C)CNc2ccc3ccc(F)cc3n2)CC1. The van der Waals surface area contributed by atoms with Crippen LogP contribution in [0.1, 0.15) is 13.8 Å². The molecule has 23 heavy (non-hydrogen) atoms. The van der Waals surface area contributed by atoms with Crippen LogP contribution < -0.4 is 5.32 Å². The van der Waals surface area contributed by atoms with Crippen LogP contribution in [0.2, 0.25) is 0 Å². The highest BCUT2D eigenvalue weighted by molar-refractivity contribution is 5.80. The second-order valence-electron chi connectivity index (χ2n) is 6.23. The molecule has 1 aliphatic rings. The summed E-state index contributed by atoms with van der Waals surface area (Å²) in [6.45, 7) is 11.0. The third-order valence-corrected chi connectivity index (χ3v) is 4.71. The third-order valence-electron chi connectivity index (χ3n) is 4.71. The van der Waals surface area contributed by atoms with E-state index in [0.29, 0.717) is 11.6 Å². The summed E-state index contributed by atoms with van der Waals surface area (Å²) in [5.74, 6) is 0.562. The molecule has 1 aromatic heterocycles. The predicted octanol–water partition coefficient (Wildman–Crippen LogP) is 2.81. The minimum Gasteiger partial charge on any atom is -0.368 e. The van der Waals surface area contributed by atoms with Gasteiger partial charge in [0.05, 0.1) is 5.52 Å². The van der Waals surface area contributed by atoms with Crippen LogP contribution in [0.15, 0.2) is 30.3 Å². The summed E-state index contributed by atoms with van der Waals surface area (Å²) in [4.78, 5) is 9.50. The number of hydrogen-bond acceptors (Lipinski definition) is 4. The van der Waals surface area contributed by atoms with Gasteiger partial charge in [-0.3, -0.25) is 4.90 Å². The highest BCUT2D eigenvalue weighted by Gasteiger charge is 2.19. The Balaban J connectivity index is 1.57. The van der Waals surface area contributed by atoms with Gasteiger partial charge in [-0.2, -0.15) is 0 Å². The van der Waals surface area contributed by atoms with Crippen molar-refractivity contribution < 1.29 is 4.39 Å². The molecular weight excluding hydrogens is 291 g/mol. The fourth-order valence-electron chi connectivity index (χ4n) is 3.09. The molecule has 1 saturated heterocycles. The first-order chi connectivity index (χ1) is 11.2. The Kier molecular flexibility index (Phi) is 5.08. The summed E-state index contributed by atoms with van der Waals surface area (Å²) >= 11 is 0. The molecule has 0 aliphatic carbocycles. The van der Waals surface area contributed by atoms with Gasteiger partial charge in [0, 0.05) is 50.2 Å². The maximum absolute atomic E-state index is 13.3. The number of rotatable bonds is 5. The second kappa shape index (κ2) is 7.23. The quantitative estimate of drug-likeness (QED) is 0.919. The lowest BCUT2D eigenvalue weighted by Crippen LogP contribution is -2.51. The van der Waals surface area contributed by atoms with Crippen LogP contribution >= 0.6 is 0 Å². The Morgan fingerprint density at radius 1 is 1.17 bits per heavy atom. The molecule has 2 aromatic rings.